The third-order valence-corrected chi connectivity index (χ3v) is 5.11. The zero-order chi connectivity index (χ0) is 14.7. The van der Waals surface area contributed by atoms with Crippen molar-refractivity contribution in [3.8, 4) is 0 Å². The van der Waals surface area contributed by atoms with Gasteiger partial charge in [-0.2, -0.15) is 0 Å². The number of hydrogen-bond acceptors (Lipinski definition) is 3. The molecule has 0 aromatic heterocycles. The van der Waals surface area contributed by atoms with Gasteiger partial charge in [-0.1, -0.05) is 31.2 Å². The van der Waals surface area contributed by atoms with E-state index in [-0.39, 0.29) is 0 Å². The van der Waals surface area contributed by atoms with Crippen molar-refractivity contribution >= 4 is 0 Å². The van der Waals surface area contributed by atoms with E-state index in [1.807, 2.05) is 7.11 Å². The maximum absolute atomic E-state index is 5.32. The number of hydrogen-bond donors (Lipinski definition) is 0. The maximum atomic E-state index is 5.32. The van der Waals surface area contributed by atoms with Crippen molar-refractivity contribution in [3.05, 3.63) is 35.4 Å². The highest BCUT2D eigenvalue weighted by molar-refractivity contribution is 5.30. The number of methoxy groups -OCH3 is 1. The lowest BCUT2D eigenvalue weighted by Gasteiger charge is -2.38. The van der Waals surface area contributed by atoms with Crippen molar-refractivity contribution < 1.29 is 4.74 Å². The van der Waals surface area contributed by atoms with Gasteiger partial charge in [0.15, 0.2) is 0 Å². The first kappa shape index (κ1) is 15.0. The van der Waals surface area contributed by atoms with Gasteiger partial charge >= 0.3 is 0 Å². The van der Waals surface area contributed by atoms with Gasteiger partial charge in [0.2, 0.25) is 0 Å². The van der Waals surface area contributed by atoms with Crippen LogP contribution in [-0.4, -0.2) is 55.7 Å². The van der Waals surface area contributed by atoms with E-state index in [2.05, 4.69) is 41.0 Å². The number of likely N-dealkylation sites (N-methyl/N-ethyl adjacent to an activating group) is 1. The Balaban J connectivity index is 1.62. The van der Waals surface area contributed by atoms with E-state index in [0.717, 1.165) is 25.6 Å². The number of ether oxygens (including phenoxy) is 1. The second-order valence-corrected chi connectivity index (χ2v) is 6.56. The minimum Gasteiger partial charge on any atom is -0.384 e. The first-order valence-corrected chi connectivity index (χ1v) is 8.32. The normalized spacial score (nSPS) is 27.0. The molecule has 0 unspecified atom stereocenters. The standard InChI is InChI=1S/C18H28N2O/c1-3-20-12-17-7-5-4-6-16(17)10-18(20)13-19-9-8-15(11-19)14-21-2/h4-7,15,18H,3,8-14H2,1-2H3/t15-,18+/m1/s1. The molecule has 2 aliphatic rings. The molecule has 1 aromatic rings. The van der Waals surface area contributed by atoms with Crippen molar-refractivity contribution in [1.29, 1.82) is 0 Å². The minimum absolute atomic E-state index is 0.672. The number of likely N-dealkylation sites (tertiary alicyclic amines) is 1. The van der Waals surface area contributed by atoms with Crippen molar-refractivity contribution in [1.82, 2.24) is 9.80 Å². The topological polar surface area (TPSA) is 15.7 Å². The summed E-state index contributed by atoms with van der Waals surface area (Å²) in [6.45, 7) is 9.14. The molecule has 0 bridgehead atoms. The quantitative estimate of drug-likeness (QED) is 0.827. The highest BCUT2D eigenvalue weighted by Gasteiger charge is 2.29. The van der Waals surface area contributed by atoms with Gasteiger partial charge in [0.05, 0.1) is 6.61 Å². The Bertz CT molecular complexity index is 462. The van der Waals surface area contributed by atoms with Crippen LogP contribution in [0.15, 0.2) is 24.3 Å². The highest BCUT2D eigenvalue weighted by atomic mass is 16.5. The average Bonchev–Trinajstić information content (AvgIpc) is 2.94. The van der Waals surface area contributed by atoms with E-state index in [9.17, 15) is 0 Å². The van der Waals surface area contributed by atoms with Gasteiger partial charge in [0.1, 0.15) is 0 Å². The minimum atomic E-state index is 0.672. The molecule has 21 heavy (non-hydrogen) atoms. The van der Waals surface area contributed by atoms with Crippen molar-refractivity contribution in [2.24, 2.45) is 5.92 Å². The van der Waals surface area contributed by atoms with E-state index in [1.54, 1.807) is 5.56 Å². The fourth-order valence-electron chi connectivity index (χ4n) is 3.94. The summed E-state index contributed by atoms with van der Waals surface area (Å²) in [7, 11) is 1.82. The molecule has 2 heterocycles. The van der Waals surface area contributed by atoms with Gasteiger partial charge in [-0.3, -0.25) is 4.90 Å². The maximum Gasteiger partial charge on any atom is 0.0503 e. The molecule has 1 aromatic carbocycles. The zero-order valence-corrected chi connectivity index (χ0v) is 13.4. The van der Waals surface area contributed by atoms with Crippen molar-refractivity contribution in [2.45, 2.75) is 32.4 Å². The van der Waals surface area contributed by atoms with E-state index in [4.69, 9.17) is 4.74 Å². The molecule has 1 saturated heterocycles. The fourth-order valence-corrected chi connectivity index (χ4v) is 3.94. The van der Waals surface area contributed by atoms with Crippen LogP contribution in [-0.2, 0) is 17.7 Å². The van der Waals surface area contributed by atoms with Crippen LogP contribution < -0.4 is 0 Å². The summed E-state index contributed by atoms with van der Waals surface area (Å²) in [6, 6.07) is 9.63. The van der Waals surface area contributed by atoms with Crippen LogP contribution in [0.5, 0.6) is 0 Å². The third kappa shape index (κ3) is 3.47. The van der Waals surface area contributed by atoms with Crippen LogP contribution in [0.2, 0.25) is 0 Å². The smallest absolute Gasteiger partial charge is 0.0503 e. The summed E-state index contributed by atoms with van der Waals surface area (Å²) in [5, 5.41) is 0. The van der Waals surface area contributed by atoms with Crippen LogP contribution in [0.25, 0.3) is 0 Å². The van der Waals surface area contributed by atoms with Gasteiger partial charge in [-0.25, -0.2) is 0 Å². The lowest BCUT2D eigenvalue weighted by molar-refractivity contribution is 0.125. The first-order valence-electron chi connectivity index (χ1n) is 8.32. The Morgan fingerprint density at radius 3 is 2.81 bits per heavy atom. The number of fused-ring (bicyclic) bond motifs is 1. The largest absolute Gasteiger partial charge is 0.384 e. The predicted octanol–water partition coefficient (Wildman–Crippen LogP) is 2.40. The first-order chi connectivity index (χ1) is 10.3. The second-order valence-electron chi connectivity index (χ2n) is 6.56. The second kappa shape index (κ2) is 6.91. The van der Waals surface area contributed by atoms with Gasteiger partial charge in [0, 0.05) is 32.8 Å². The molecule has 0 amide bonds. The third-order valence-electron chi connectivity index (χ3n) is 5.11. The monoisotopic (exact) mass is 288 g/mol. The Kier molecular flexibility index (Phi) is 4.94. The zero-order valence-electron chi connectivity index (χ0n) is 13.4. The lowest BCUT2D eigenvalue weighted by atomic mass is 9.93. The number of nitrogens with zero attached hydrogens (tertiary/aromatic N) is 2. The van der Waals surface area contributed by atoms with E-state index in [0.29, 0.717) is 6.04 Å². The molecule has 0 radical (unpaired) electrons. The molecule has 3 rings (SSSR count). The summed E-state index contributed by atoms with van der Waals surface area (Å²) in [5.41, 5.74) is 3.08. The summed E-state index contributed by atoms with van der Waals surface area (Å²) >= 11 is 0. The molecular formula is C18H28N2O. The van der Waals surface area contributed by atoms with Crippen molar-refractivity contribution in [3.63, 3.8) is 0 Å². The van der Waals surface area contributed by atoms with Crippen LogP contribution in [0.4, 0.5) is 0 Å². The predicted molar refractivity (Wildman–Crippen MR) is 86.4 cm³/mol. The highest BCUT2D eigenvalue weighted by Crippen LogP contribution is 2.25. The Hall–Kier alpha value is -0.900. The van der Waals surface area contributed by atoms with Gasteiger partial charge in [0.25, 0.3) is 0 Å². The Morgan fingerprint density at radius 2 is 2.05 bits per heavy atom. The van der Waals surface area contributed by atoms with Gasteiger partial charge in [-0.15, -0.1) is 0 Å². The van der Waals surface area contributed by atoms with Crippen LogP contribution in [0.3, 0.4) is 0 Å². The molecule has 0 spiro atoms. The lowest BCUT2D eigenvalue weighted by Crippen LogP contribution is -2.47. The molecule has 2 aliphatic heterocycles. The van der Waals surface area contributed by atoms with Crippen LogP contribution in [0, 0.1) is 5.92 Å². The number of rotatable bonds is 5. The molecule has 3 heteroatoms. The van der Waals surface area contributed by atoms with E-state index in [1.165, 1.54) is 38.0 Å². The fraction of sp³-hybridized carbons (Fsp3) is 0.667. The Morgan fingerprint density at radius 1 is 1.24 bits per heavy atom. The molecular weight excluding hydrogens is 260 g/mol. The molecule has 0 saturated carbocycles. The van der Waals surface area contributed by atoms with Crippen molar-refractivity contribution in [2.75, 3.05) is 39.9 Å². The molecule has 1 fully saturated rings. The van der Waals surface area contributed by atoms with E-state index >= 15 is 0 Å². The number of benzene rings is 1. The summed E-state index contributed by atoms with van der Waals surface area (Å²) in [4.78, 5) is 5.29. The van der Waals surface area contributed by atoms with Crippen LogP contribution >= 0.6 is 0 Å². The summed E-state index contributed by atoms with van der Waals surface area (Å²) < 4.78 is 5.32. The molecule has 2 atom stereocenters. The Labute approximate surface area is 128 Å². The van der Waals surface area contributed by atoms with Crippen LogP contribution in [0.1, 0.15) is 24.5 Å². The van der Waals surface area contributed by atoms with Gasteiger partial charge in [-0.05, 0) is 43.0 Å². The molecule has 116 valence electrons. The SMILES string of the molecule is CCN1Cc2ccccc2C[C@H]1CN1CC[C@@H](COC)C1. The molecule has 0 aliphatic carbocycles. The summed E-state index contributed by atoms with van der Waals surface area (Å²) in [5.74, 6) is 0.737. The average molecular weight is 288 g/mol. The van der Waals surface area contributed by atoms with Gasteiger partial charge < -0.3 is 9.64 Å². The molecule has 0 N–H and O–H groups in total. The molecule has 3 nitrogen and oxygen atoms in total. The summed E-state index contributed by atoms with van der Waals surface area (Å²) in [6.07, 6.45) is 2.50. The van der Waals surface area contributed by atoms with E-state index < -0.39 is 0 Å².